The third-order valence-corrected chi connectivity index (χ3v) is 5.01. The first-order valence-corrected chi connectivity index (χ1v) is 7.26. The van der Waals surface area contributed by atoms with Crippen molar-refractivity contribution in [3.05, 3.63) is 0 Å². The van der Waals surface area contributed by atoms with Gasteiger partial charge < -0.3 is 14.6 Å². The van der Waals surface area contributed by atoms with Gasteiger partial charge in [-0.25, -0.2) is 0 Å². The first-order valence-electron chi connectivity index (χ1n) is 7.26. The predicted molar refractivity (Wildman–Crippen MR) is 68.5 cm³/mol. The lowest BCUT2D eigenvalue weighted by Gasteiger charge is -2.51. The Hall–Kier alpha value is -0.160. The Labute approximate surface area is 109 Å². The molecule has 1 N–H and O–H groups in total. The van der Waals surface area contributed by atoms with E-state index in [1.807, 2.05) is 0 Å². The van der Waals surface area contributed by atoms with E-state index >= 15 is 0 Å². The van der Waals surface area contributed by atoms with Crippen LogP contribution in [0.25, 0.3) is 0 Å². The van der Waals surface area contributed by atoms with E-state index in [9.17, 15) is 5.11 Å². The maximum Gasteiger partial charge on any atom is 0.0682 e. The SMILES string of the molecule is CN1C2COCC1CC(O)(CC1CCOCC1)C2. The van der Waals surface area contributed by atoms with Gasteiger partial charge >= 0.3 is 0 Å². The normalized spacial score (nSPS) is 43.0. The molecule has 0 radical (unpaired) electrons. The van der Waals surface area contributed by atoms with Gasteiger partial charge in [0.25, 0.3) is 0 Å². The first-order chi connectivity index (χ1) is 8.66. The zero-order valence-electron chi connectivity index (χ0n) is 11.3. The molecule has 2 atom stereocenters. The van der Waals surface area contributed by atoms with E-state index < -0.39 is 5.60 Å². The van der Waals surface area contributed by atoms with E-state index in [4.69, 9.17) is 9.47 Å². The Morgan fingerprint density at radius 2 is 1.72 bits per heavy atom. The van der Waals surface area contributed by atoms with Gasteiger partial charge in [-0.2, -0.15) is 0 Å². The summed E-state index contributed by atoms with van der Waals surface area (Å²) < 4.78 is 11.0. The van der Waals surface area contributed by atoms with Crippen LogP contribution >= 0.6 is 0 Å². The number of rotatable bonds is 2. The van der Waals surface area contributed by atoms with Gasteiger partial charge in [0.05, 0.1) is 18.8 Å². The summed E-state index contributed by atoms with van der Waals surface area (Å²) in [5.41, 5.74) is -0.465. The summed E-state index contributed by atoms with van der Waals surface area (Å²) in [5, 5.41) is 10.9. The summed E-state index contributed by atoms with van der Waals surface area (Å²) in [4.78, 5) is 2.40. The van der Waals surface area contributed by atoms with Gasteiger partial charge in [-0.3, -0.25) is 4.90 Å². The minimum Gasteiger partial charge on any atom is -0.390 e. The average molecular weight is 255 g/mol. The lowest BCUT2D eigenvalue weighted by atomic mass is 9.75. The lowest BCUT2D eigenvalue weighted by molar-refractivity contribution is -0.143. The second kappa shape index (κ2) is 5.08. The van der Waals surface area contributed by atoms with E-state index in [0.717, 1.165) is 58.5 Å². The fourth-order valence-corrected chi connectivity index (χ4v) is 3.89. The van der Waals surface area contributed by atoms with Gasteiger partial charge in [-0.1, -0.05) is 0 Å². The molecular weight excluding hydrogens is 230 g/mol. The highest BCUT2D eigenvalue weighted by molar-refractivity contribution is 4.99. The summed E-state index contributed by atoms with van der Waals surface area (Å²) in [5.74, 6) is 0.647. The lowest BCUT2D eigenvalue weighted by Crippen LogP contribution is -2.60. The largest absolute Gasteiger partial charge is 0.390 e. The van der Waals surface area contributed by atoms with E-state index in [-0.39, 0.29) is 0 Å². The molecule has 4 heteroatoms. The van der Waals surface area contributed by atoms with Crippen LogP contribution in [0.2, 0.25) is 0 Å². The Balaban J connectivity index is 1.63. The maximum absolute atomic E-state index is 10.9. The van der Waals surface area contributed by atoms with Crippen LogP contribution in [0.1, 0.15) is 32.1 Å². The molecule has 0 aromatic heterocycles. The monoisotopic (exact) mass is 255 g/mol. The Kier molecular flexibility index (Phi) is 3.63. The van der Waals surface area contributed by atoms with Gasteiger partial charge in [0.2, 0.25) is 0 Å². The molecule has 2 unspecified atom stereocenters. The summed E-state index contributed by atoms with van der Waals surface area (Å²) in [6.07, 6.45) is 4.93. The molecule has 3 saturated heterocycles. The summed E-state index contributed by atoms with van der Waals surface area (Å²) >= 11 is 0. The third kappa shape index (κ3) is 2.57. The van der Waals surface area contributed by atoms with Gasteiger partial charge in [0.1, 0.15) is 0 Å². The number of ether oxygens (including phenoxy) is 2. The van der Waals surface area contributed by atoms with Gasteiger partial charge in [-0.15, -0.1) is 0 Å². The number of nitrogens with zero attached hydrogens (tertiary/aromatic N) is 1. The van der Waals surface area contributed by atoms with Crippen molar-refractivity contribution >= 4 is 0 Å². The van der Waals surface area contributed by atoms with Crippen molar-refractivity contribution in [2.24, 2.45) is 5.92 Å². The molecule has 4 nitrogen and oxygen atoms in total. The van der Waals surface area contributed by atoms with Crippen molar-refractivity contribution in [1.82, 2.24) is 4.90 Å². The van der Waals surface area contributed by atoms with Crippen molar-refractivity contribution in [2.75, 3.05) is 33.5 Å². The molecule has 0 amide bonds. The molecule has 2 bridgehead atoms. The molecule has 0 aromatic carbocycles. The number of fused-ring (bicyclic) bond motifs is 2. The Morgan fingerprint density at radius 3 is 2.33 bits per heavy atom. The van der Waals surface area contributed by atoms with E-state index in [1.54, 1.807) is 0 Å². The topological polar surface area (TPSA) is 41.9 Å². The zero-order chi connectivity index (χ0) is 12.6. The van der Waals surface area contributed by atoms with Crippen LogP contribution in [0.15, 0.2) is 0 Å². The Morgan fingerprint density at radius 1 is 1.11 bits per heavy atom. The summed E-state index contributed by atoms with van der Waals surface area (Å²) in [7, 11) is 2.17. The molecule has 104 valence electrons. The number of aliphatic hydroxyl groups is 1. The van der Waals surface area contributed by atoms with Crippen LogP contribution in [0.4, 0.5) is 0 Å². The molecule has 3 rings (SSSR count). The number of piperidine rings is 1. The van der Waals surface area contributed by atoms with Crippen LogP contribution in [0, 0.1) is 5.92 Å². The fourth-order valence-electron chi connectivity index (χ4n) is 3.89. The average Bonchev–Trinajstić information content (AvgIpc) is 2.33. The van der Waals surface area contributed by atoms with Crippen LogP contribution in [-0.2, 0) is 9.47 Å². The number of likely N-dealkylation sites (N-methyl/N-ethyl adjacent to an activating group) is 1. The molecule has 3 fully saturated rings. The molecule has 3 aliphatic heterocycles. The molecule has 0 aliphatic carbocycles. The number of hydrogen-bond donors (Lipinski definition) is 1. The van der Waals surface area contributed by atoms with E-state index in [1.165, 1.54) is 0 Å². The van der Waals surface area contributed by atoms with Gasteiger partial charge in [0.15, 0.2) is 0 Å². The van der Waals surface area contributed by atoms with Crippen molar-refractivity contribution in [2.45, 2.75) is 49.8 Å². The smallest absolute Gasteiger partial charge is 0.0682 e. The molecular formula is C14H25NO3. The van der Waals surface area contributed by atoms with Gasteiger partial charge in [-0.05, 0) is 45.1 Å². The second-order valence-corrected chi connectivity index (χ2v) is 6.40. The number of morpholine rings is 1. The molecule has 0 spiro atoms. The maximum atomic E-state index is 10.9. The zero-order valence-corrected chi connectivity index (χ0v) is 11.3. The van der Waals surface area contributed by atoms with Crippen molar-refractivity contribution in [1.29, 1.82) is 0 Å². The summed E-state index contributed by atoms with van der Waals surface area (Å²) in [6.45, 7) is 3.30. The highest BCUT2D eigenvalue weighted by Crippen LogP contribution is 2.39. The van der Waals surface area contributed by atoms with Crippen LogP contribution in [-0.4, -0.2) is 61.2 Å². The highest BCUT2D eigenvalue weighted by atomic mass is 16.5. The van der Waals surface area contributed by atoms with Crippen molar-refractivity contribution in [3.63, 3.8) is 0 Å². The number of hydrogen-bond acceptors (Lipinski definition) is 4. The molecule has 0 saturated carbocycles. The highest BCUT2D eigenvalue weighted by Gasteiger charge is 2.45. The van der Waals surface area contributed by atoms with E-state index in [0.29, 0.717) is 18.0 Å². The van der Waals surface area contributed by atoms with E-state index in [2.05, 4.69) is 11.9 Å². The quantitative estimate of drug-likeness (QED) is 0.800. The van der Waals surface area contributed by atoms with Crippen LogP contribution < -0.4 is 0 Å². The summed E-state index contributed by atoms with van der Waals surface area (Å²) in [6, 6.07) is 0.810. The minimum atomic E-state index is -0.465. The van der Waals surface area contributed by atoms with Crippen molar-refractivity contribution in [3.8, 4) is 0 Å². The molecule has 3 heterocycles. The Bertz CT molecular complexity index is 277. The molecule has 3 aliphatic rings. The predicted octanol–water partition coefficient (Wildman–Crippen LogP) is 1.03. The van der Waals surface area contributed by atoms with Crippen LogP contribution in [0.3, 0.4) is 0 Å². The minimum absolute atomic E-state index is 0.405. The molecule has 18 heavy (non-hydrogen) atoms. The standard InChI is InChI=1S/C14H25NO3/c1-15-12-7-14(16,8-13(15)10-18-9-12)6-11-2-4-17-5-3-11/h11-13,16H,2-10H2,1H3. The third-order valence-electron chi connectivity index (χ3n) is 5.01. The second-order valence-electron chi connectivity index (χ2n) is 6.40. The van der Waals surface area contributed by atoms with Crippen LogP contribution in [0.5, 0.6) is 0 Å². The fraction of sp³-hybridized carbons (Fsp3) is 1.00. The first kappa shape index (κ1) is 12.9. The molecule has 0 aromatic rings. The van der Waals surface area contributed by atoms with Gasteiger partial charge in [0, 0.05) is 25.3 Å². The van der Waals surface area contributed by atoms with Crippen molar-refractivity contribution < 1.29 is 14.6 Å².